The number of fused-ring (bicyclic) bond motifs is 1. The monoisotopic (exact) mass is 173 g/mol. The summed E-state index contributed by atoms with van der Waals surface area (Å²) in [6.45, 7) is 0.696. The van der Waals surface area contributed by atoms with Gasteiger partial charge in [-0.15, -0.1) is 0 Å². The zero-order valence-electron chi connectivity index (χ0n) is 7.20. The molecule has 0 N–H and O–H groups in total. The molecule has 2 aromatic carbocycles. The summed E-state index contributed by atoms with van der Waals surface area (Å²) in [5, 5.41) is 2.31. The molecule has 0 unspecified atom stereocenters. The molecular formula is C12H10F. The Hall–Kier alpha value is -1.37. The Bertz CT molecular complexity index is 401. The Balaban J connectivity index is 2.61. The summed E-state index contributed by atoms with van der Waals surface area (Å²) in [6, 6.07) is 14.0. The molecule has 0 aliphatic carbocycles. The molecule has 0 aromatic heterocycles. The molecule has 13 heavy (non-hydrogen) atoms. The van der Waals surface area contributed by atoms with E-state index in [1.807, 2.05) is 42.5 Å². The third-order valence-electron chi connectivity index (χ3n) is 2.18. The van der Waals surface area contributed by atoms with Gasteiger partial charge in [-0.1, -0.05) is 42.5 Å². The van der Waals surface area contributed by atoms with Gasteiger partial charge in [-0.2, -0.15) is 0 Å². The molecule has 0 bridgehead atoms. The molecule has 0 aliphatic heterocycles. The van der Waals surface area contributed by atoms with Crippen molar-refractivity contribution in [3.63, 3.8) is 0 Å². The molecule has 0 amide bonds. The van der Waals surface area contributed by atoms with Crippen LogP contribution in [-0.4, -0.2) is 0 Å². The Morgan fingerprint density at radius 2 is 1.77 bits per heavy atom. The quantitative estimate of drug-likeness (QED) is 0.651. The highest BCUT2D eigenvalue weighted by Gasteiger charge is 1.98. The molecule has 0 heterocycles. The molecule has 2 aromatic rings. The van der Waals surface area contributed by atoms with Crippen molar-refractivity contribution in [2.75, 3.05) is 0 Å². The first-order valence-electron chi connectivity index (χ1n) is 4.30. The van der Waals surface area contributed by atoms with Crippen LogP contribution in [0.15, 0.2) is 42.5 Å². The van der Waals surface area contributed by atoms with Crippen molar-refractivity contribution in [2.45, 2.75) is 6.42 Å². The van der Waals surface area contributed by atoms with E-state index in [0.29, 0.717) is 13.1 Å². The minimum Gasteiger partial charge on any atom is -0.244 e. The molecule has 2 rings (SSSR count). The van der Waals surface area contributed by atoms with Crippen molar-refractivity contribution in [3.8, 4) is 0 Å². The second kappa shape index (κ2) is 3.56. The first-order valence-corrected chi connectivity index (χ1v) is 4.30. The highest BCUT2D eigenvalue weighted by atomic mass is 19.1. The van der Waals surface area contributed by atoms with E-state index < -0.39 is 0 Å². The topological polar surface area (TPSA) is 0 Å². The summed E-state index contributed by atoms with van der Waals surface area (Å²) < 4.78 is 12.1. The molecule has 65 valence electrons. The van der Waals surface area contributed by atoms with Crippen molar-refractivity contribution < 1.29 is 4.39 Å². The Morgan fingerprint density at radius 3 is 2.62 bits per heavy atom. The lowest BCUT2D eigenvalue weighted by Gasteiger charge is -2.02. The van der Waals surface area contributed by atoms with Gasteiger partial charge in [0.15, 0.2) is 0 Å². The van der Waals surface area contributed by atoms with E-state index in [1.54, 1.807) is 0 Å². The van der Waals surface area contributed by atoms with Crippen molar-refractivity contribution in [2.24, 2.45) is 0 Å². The van der Waals surface area contributed by atoms with Gasteiger partial charge in [0.25, 0.3) is 0 Å². The summed E-state index contributed by atoms with van der Waals surface area (Å²) in [5.74, 6) is 0. The minimum atomic E-state index is 0.390. The van der Waals surface area contributed by atoms with Crippen LogP contribution in [0.4, 0.5) is 4.39 Å². The molecule has 0 aliphatic rings. The number of hydrogen-bond acceptors (Lipinski definition) is 0. The number of halogens is 1. The Labute approximate surface area is 77.0 Å². The van der Waals surface area contributed by atoms with E-state index in [9.17, 15) is 4.39 Å². The standard InChI is InChI=1S/C12H10F/c13-9-8-11-6-3-5-10-4-1-2-7-12(10)11/h1-7,9H,8H2. The second-order valence-electron chi connectivity index (χ2n) is 3.00. The van der Waals surface area contributed by atoms with Gasteiger partial charge in [0.05, 0.1) is 0 Å². The number of benzene rings is 2. The maximum absolute atomic E-state index is 12.1. The lowest BCUT2D eigenvalue weighted by Crippen LogP contribution is -1.84. The predicted molar refractivity (Wildman–Crippen MR) is 53.1 cm³/mol. The van der Waals surface area contributed by atoms with Crippen LogP contribution in [0.25, 0.3) is 10.8 Å². The average molecular weight is 173 g/mol. The normalized spacial score (nSPS) is 10.5. The zero-order chi connectivity index (χ0) is 9.10. The van der Waals surface area contributed by atoms with Gasteiger partial charge in [-0.25, -0.2) is 4.39 Å². The number of rotatable bonds is 2. The molecule has 0 atom stereocenters. The van der Waals surface area contributed by atoms with Crippen LogP contribution in [-0.2, 0) is 6.42 Å². The zero-order valence-corrected chi connectivity index (χ0v) is 7.20. The van der Waals surface area contributed by atoms with Gasteiger partial charge in [0, 0.05) is 6.42 Å². The predicted octanol–water partition coefficient (Wildman–Crippen LogP) is 3.51. The fourth-order valence-electron chi connectivity index (χ4n) is 1.55. The van der Waals surface area contributed by atoms with Crippen LogP contribution in [0.1, 0.15) is 5.56 Å². The molecule has 0 saturated heterocycles. The number of hydrogen-bond donors (Lipinski definition) is 0. The SMILES string of the molecule is F[CH]Cc1cccc2ccccc12. The summed E-state index contributed by atoms with van der Waals surface area (Å²) in [6.07, 6.45) is 0.390. The third kappa shape index (κ3) is 1.55. The minimum absolute atomic E-state index is 0.390. The van der Waals surface area contributed by atoms with Crippen molar-refractivity contribution >= 4 is 10.8 Å². The lowest BCUT2D eigenvalue weighted by atomic mass is 10.0. The average Bonchev–Trinajstić information content (AvgIpc) is 2.19. The molecular weight excluding hydrogens is 163 g/mol. The van der Waals surface area contributed by atoms with Crippen molar-refractivity contribution in [1.29, 1.82) is 0 Å². The van der Waals surface area contributed by atoms with Crippen LogP contribution in [0.5, 0.6) is 0 Å². The van der Waals surface area contributed by atoms with Crippen LogP contribution < -0.4 is 0 Å². The first kappa shape index (κ1) is 8.24. The first-order chi connectivity index (χ1) is 6.42. The van der Waals surface area contributed by atoms with Gasteiger partial charge in [0.1, 0.15) is 6.67 Å². The molecule has 0 saturated carbocycles. The summed E-state index contributed by atoms with van der Waals surface area (Å²) in [4.78, 5) is 0. The van der Waals surface area contributed by atoms with Crippen LogP contribution in [0.3, 0.4) is 0 Å². The van der Waals surface area contributed by atoms with E-state index in [1.165, 1.54) is 5.39 Å². The fraction of sp³-hybridized carbons (Fsp3) is 0.0833. The van der Waals surface area contributed by atoms with Crippen molar-refractivity contribution in [3.05, 3.63) is 54.7 Å². The van der Waals surface area contributed by atoms with Crippen LogP contribution in [0.2, 0.25) is 0 Å². The van der Waals surface area contributed by atoms with E-state index in [0.717, 1.165) is 10.9 Å². The summed E-state index contributed by atoms with van der Waals surface area (Å²) >= 11 is 0. The largest absolute Gasteiger partial charge is 0.244 e. The van der Waals surface area contributed by atoms with Crippen LogP contribution in [0, 0.1) is 6.67 Å². The van der Waals surface area contributed by atoms with Gasteiger partial charge < -0.3 is 0 Å². The molecule has 0 nitrogen and oxygen atoms in total. The van der Waals surface area contributed by atoms with E-state index in [4.69, 9.17) is 0 Å². The summed E-state index contributed by atoms with van der Waals surface area (Å²) in [7, 11) is 0. The third-order valence-corrected chi connectivity index (χ3v) is 2.18. The van der Waals surface area contributed by atoms with Gasteiger partial charge in [-0.3, -0.25) is 0 Å². The molecule has 1 radical (unpaired) electrons. The van der Waals surface area contributed by atoms with Crippen LogP contribution >= 0.6 is 0 Å². The lowest BCUT2D eigenvalue weighted by molar-refractivity contribution is 0.600. The highest BCUT2D eigenvalue weighted by Crippen LogP contribution is 2.19. The Morgan fingerprint density at radius 1 is 1.00 bits per heavy atom. The maximum Gasteiger partial charge on any atom is 0.136 e. The van der Waals surface area contributed by atoms with Gasteiger partial charge in [0.2, 0.25) is 0 Å². The van der Waals surface area contributed by atoms with E-state index >= 15 is 0 Å². The smallest absolute Gasteiger partial charge is 0.136 e. The van der Waals surface area contributed by atoms with Gasteiger partial charge >= 0.3 is 0 Å². The highest BCUT2D eigenvalue weighted by molar-refractivity contribution is 5.85. The second-order valence-corrected chi connectivity index (χ2v) is 3.00. The van der Waals surface area contributed by atoms with E-state index in [2.05, 4.69) is 0 Å². The van der Waals surface area contributed by atoms with Gasteiger partial charge in [-0.05, 0) is 16.3 Å². The summed E-state index contributed by atoms with van der Waals surface area (Å²) in [5.41, 5.74) is 1.04. The molecule has 0 fully saturated rings. The van der Waals surface area contributed by atoms with Crippen molar-refractivity contribution in [1.82, 2.24) is 0 Å². The van der Waals surface area contributed by atoms with E-state index in [-0.39, 0.29) is 0 Å². The molecule has 1 heteroatoms. The fourth-order valence-corrected chi connectivity index (χ4v) is 1.55. The molecule has 0 spiro atoms. The maximum atomic E-state index is 12.1. The Kier molecular flexibility index (Phi) is 2.26.